The summed E-state index contributed by atoms with van der Waals surface area (Å²) >= 11 is 12.4. The van der Waals surface area contributed by atoms with Gasteiger partial charge >= 0.3 is 0 Å². The van der Waals surface area contributed by atoms with Crippen LogP contribution in [-0.2, 0) is 0 Å². The molecule has 130 valence electrons. The Morgan fingerprint density at radius 2 is 1.15 bits per heavy atom. The minimum absolute atomic E-state index is 0.173. The zero-order chi connectivity index (χ0) is 18.5. The van der Waals surface area contributed by atoms with Crippen molar-refractivity contribution in [3.8, 4) is 0 Å². The fourth-order valence-corrected chi connectivity index (χ4v) is 3.30. The van der Waals surface area contributed by atoms with Gasteiger partial charge in [0.2, 0.25) is 0 Å². The maximum absolute atomic E-state index is 12.4. The minimum Gasteiger partial charge on any atom is -0.345 e. The maximum Gasteiger partial charge on any atom is 0.255 e. The van der Waals surface area contributed by atoms with E-state index >= 15 is 0 Å². The van der Waals surface area contributed by atoms with E-state index in [1.807, 2.05) is 60.7 Å². The highest BCUT2D eigenvalue weighted by Crippen LogP contribution is 2.23. The van der Waals surface area contributed by atoms with Crippen molar-refractivity contribution >= 4 is 66.3 Å². The third-order valence-electron chi connectivity index (χ3n) is 3.65. The van der Waals surface area contributed by atoms with Gasteiger partial charge in [-0.15, -0.1) is 0 Å². The fraction of sp³-hybridized carbons (Fsp3) is 0. The molecule has 3 rings (SSSR count). The first-order chi connectivity index (χ1) is 12.5. The van der Waals surface area contributed by atoms with E-state index in [4.69, 9.17) is 12.2 Å². The van der Waals surface area contributed by atoms with Crippen LogP contribution in [0.3, 0.4) is 0 Å². The van der Waals surface area contributed by atoms with Crippen LogP contribution in [0.2, 0.25) is 0 Å². The molecule has 0 atom stereocenters. The lowest BCUT2D eigenvalue weighted by Gasteiger charge is -2.11. The van der Waals surface area contributed by atoms with Gasteiger partial charge in [-0.2, -0.15) is 0 Å². The van der Waals surface area contributed by atoms with Crippen molar-refractivity contribution in [3.63, 3.8) is 0 Å². The van der Waals surface area contributed by atoms with Crippen molar-refractivity contribution in [2.24, 2.45) is 0 Å². The molecule has 26 heavy (non-hydrogen) atoms. The van der Waals surface area contributed by atoms with Gasteiger partial charge in [0.05, 0.1) is 11.4 Å². The largest absolute Gasteiger partial charge is 0.345 e. The van der Waals surface area contributed by atoms with E-state index in [-0.39, 0.29) is 5.91 Å². The van der Waals surface area contributed by atoms with E-state index in [2.05, 4.69) is 42.5 Å². The van der Waals surface area contributed by atoms with Crippen LogP contribution < -0.4 is 10.6 Å². The predicted octanol–water partition coefficient (Wildman–Crippen LogP) is 6.25. The first kappa shape index (κ1) is 18.8. The Bertz CT molecular complexity index is 880. The summed E-state index contributed by atoms with van der Waals surface area (Å²) in [5.41, 5.74) is 3.03. The van der Waals surface area contributed by atoms with Crippen molar-refractivity contribution < 1.29 is 4.79 Å². The molecule has 0 spiro atoms. The summed E-state index contributed by atoms with van der Waals surface area (Å²) in [5, 5.41) is 6.08. The number of para-hydroxylation sites is 2. The lowest BCUT2D eigenvalue weighted by molar-refractivity contribution is 0.102. The number of hydrogen-bond acceptors (Lipinski definition) is 2. The monoisotopic (exact) mass is 488 g/mol. The number of carbonyl (C=O) groups excluding carboxylic acids is 1. The number of halogens is 2. The van der Waals surface area contributed by atoms with E-state index in [1.165, 1.54) is 0 Å². The van der Waals surface area contributed by atoms with Crippen LogP contribution in [0.4, 0.5) is 11.4 Å². The van der Waals surface area contributed by atoms with Gasteiger partial charge < -0.3 is 10.6 Å². The van der Waals surface area contributed by atoms with Gasteiger partial charge in [-0.3, -0.25) is 4.79 Å². The highest BCUT2D eigenvalue weighted by molar-refractivity contribution is 9.11. The summed E-state index contributed by atoms with van der Waals surface area (Å²) in [6.45, 7) is 0. The second-order valence-electron chi connectivity index (χ2n) is 5.45. The average molecular weight is 490 g/mol. The molecule has 0 fully saturated rings. The Hall–Kier alpha value is -2.02. The van der Waals surface area contributed by atoms with E-state index in [0.29, 0.717) is 10.6 Å². The topological polar surface area (TPSA) is 41.1 Å². The molecule has 0 unspecified atom stereocenters. The summed E-state index contributed by atoms with van der Waals surface area (Å²) in [4.78, 5) is 13.0. The number of nitrogens with one attached hydrogen (secondary N) is 2. The number of anilines is 2. The zero-order valence-electron chi connectivity index (χ0n) is 13.5. The van der Waals surface area contributed by atoms with Crippen LogP contribution >= 0.6 is 44.1 Å². The number of thiocarbonyl (C=S) groups is 1. The second-order valence-corrected chi connectivity index (χ2v) is 7.56. The number of rotatable bonds is 4. The average Bonchev–Trinajstić information content (AvgIpc) is 2.65. The Balaban J connectivity index is 1.70. The Kier molecular flexibility index (Phi) is 6.19. The molecule has 0 saturated heterocycles. The number of carbonyl (C=O) groups is 1. The SMILES string of the molecule is O=C(Nc1ccccc1Br)c1ccc(C(=S)Nc2ccccc2Br)cc1. The minimum atomic E-state index is -0.173. The standard InChI is InChI=1S/C20H14Br2N2OS/c21-15-5-1-3-7-17(15)23-19(25)13-9-11-14(12-10-13)20(26)24-18-8-4-2-6-16(18)22/h1-12H,(H,23,25)(H,24,26). The van der Waals surface area contributed by atoms with Gasteiger partial charge in [0, 0.05) is 20.1 Å². The van der Waals surface area contributed by atoms with Gasteiger partial charge in [-0.05, 0) is 68.3 Å². The molecule has 6 heteroatoms. The summed E-state index contributed by atoms with van der Waals surface area (Å²) in [6.07, 6.45) is 0. The van der Waals surface area contributed by atoms with Crippen molar-refractivity contribution in [2.45, 2.75) is 0 Å². The molecule has 0 heterocycles. The van der Waals surface area contributed by atoms with Crippen LogP contribution in [0.5, 0.6) is 0 Å². The highest BCUT2D eigenvalue weighted by Gasteiger charge is 2.09. The van der Waals surface area contributed by atoms with Crippen molar-refractivity contribution in [3.05, 3.63) is 92.9 Å². The van der Waals surface area contributed by atoms with E-state index in [0.717, 1.165) is 25.9 Å². The molecular formula is C20H14Br2N2OS. The molecular weight excluding hydrogens is 476 g/mol. The van der Waals surface area contributed by atoms with Gasteiger partial charge in [0.15, 0.2) is 0 Å². The van der Waals surface area contributed by atoms with Gasteiger partial charge in [0.25, 0.3) is 5.91 Å². The summed E-state index contributed by atoms with van der Waals surface area (Å²) in [6, 6.07) is 22.4. The van der Waals surface area contributed by atoms with E-state index in [1.54, 1.807) is 12.1 Å². The third kappa shape index (κ3) is 4.58. The van der Waals surface area contributed by atoms with Crippen LogP contribution in [-0.4, -0.2) is 10.9 Å². The van der Waals surface area contributed by atoms with Crippen LogP contribution in [0.15, 0.2) is 81.7 Å². The van der Waals surface area contributed by atoms with Crippen LogP contribution in [0, 0.1) is 0 Å². The maximum atomic E-state index is 12.4. The number of amides is 1. The van der Waals surface area contributed by atoms with Crippen LogP contribution in [0.1, 0.15) is 15.9 Å². The fourth-order valence-electron chi connectivity index (χ4n) is 2.29. The van der Waals surface area contributed by atoms with Gasteiger partial charge in [0.1, 0.15) is 4.99 Å². The molecule has 0 saturated carbocycles. The first-order valence-electron chi connectivity index (χ1n) is 7.76. The summed E-state index contributed by atoms with van der Waals surface area (Å²) < 4.78 is 1.77. The zero-order valence-corrected chi connectivity index (χ0v) is 17.5. The van der Waals surface area contributed by atoms with Crippen LogP contribution in [0.25, 0.3) is 0 Å². The highest BCUT2D eigenvalue weighted by atomic mass is 79.9. The summed E-state index contributed by atoms with van der Waals surface area (Å²) in [7, 11) is 0. The quantitative estimate of drug-likeness (QED) is 0.425. The molecule has 0 radical (unpaired) electrons. The van der Waals surface area contributed by atoms with Crippen molar-refractivity contribution in [2.75, 3.05) is 10.6 Å². The Morgan fingerprint density at radius 1 is 0.692 bits per heavy atom. The molecule has 3 aromatic carbocycles. The third-order valence-corrected chi connectivity index (χ3v) is 5.37. The van der Waals surface area contributed by atoms with Gasteiger partial charge in [-0.1, -0.05) is 48.6 Å². The van der Waals surface area contributed by atoms with Crippen molar-refractivity contribution in [1.82, 2.24) is 0 Å². The second kappa shape index (κ2) is 8.58. The molecule has 0 aliphatic rings. The Labute approximate surface area is 174 Å². The van der Waals surface area contributed by atoms with E-state index in [9.17, 15) is 4.79 Å². The van der Waals surface area contributed by atoms with Crippen molar-refractivity contribution in [1.29, 1.82) is 0 Å². The molecule has 1 amide bonds. The molecule has 0 aromatic heterocycles. The lowest BCUT2D eigenvalue weighted by Crippen LogP contribution is -2.14. The molecule has 0 aliphatic carbocycles. The normalized spacial score (nSPS) is 10.2. The Morgan fingerprint density at radius 3 is 1.69 bits per heavy atom. The number of hydrogen-bond donors (Lipinski definition) is 2. The summed E-state index contributed by atoms with van der Waals surface area (Å²) in [5.74, 6) is -0.173. The molecule has 3 aromatic rings. The lowest BCUT2D eigenvalue weighted by atomic mass is 10.1. The molecule has 3 nitrogen and oxygen atoms in total. The molecule has 0 aliphatic heterocycles. The first-order valence-corrected chi connectivity index (χ1v) is 9.76. The molecule has 0 bridgehead atoms. The number of benzene rings is 3. The molecule has 2 N–H and O–H groups in total. The smallest absolute Gasteiger partial charge is 0.255 e. The predicted molar refractivity (Wildman–Crippen MR) is 118 cm³/mol. The van der Waals surface area contributed by atoms with E-state index < -0.39 is 0 Å². The van der Waals surface area contributed by atoms with Gasteiger partial charge in [-0.25, -0.2) is 0 Å².